The Labute approximate surface area is 337 Å². The van der Waals surface area contributed by atoms with Crippen molar-refractivity contribution in [2.75, 3.05) is 39.3 Å². The topological polar surface area (TPSA) is 196 Å². The van der Waals surface area contributed by atoms with E-state index in [0.717, 1.165) is 16.7 Å². The second kappa shape index (κ2) is 18.9. The van der Waals surface area contributed by atoms with Gasteiger partial charge in [0.15, 0.2) is 0 Å². The number of phenols is 3. The summed E-state index contributed by atoms with van der Waals surface area (Å²) in [5, 5.41) is 65.7. The summed E-state index contributed by atoms with van der Waals surface area (Å²) in [5.41, 5.74) is 4.75. The van der Waals surface area contributed by atoms with Crippen LogP contribution in [0.2, 0.25) is 0 Å². The van der Waals surface area contributed by atoms with Gasteiger partial charge in [0.05, 0.1) is 57.6 Å². The first-order valence-corrected chi connectivity index (χ1v) is 19.3. The number of aliphatic hydroxyl groups is 3. The average Bonchev–Trinajstić information content (AvgIpc) is 3.10. The monoisotopic (exact) mass is 780 g/mol. The highest BCUT2D eigenvalue weighted by atomic mass is 16.3. The van der Waals surface area contributed by atoms with Crippen LogP contribution in [0.3, 0.4) is 0 Å². The average molecular weight is 781 g/mol. The van der Waals surface area contributed by atoms with Gasteiger partial charge in [0, 0.05) is 70.7 Å². The lowest BCUT2D eigenvalue weighted by Crippen LogP contribution is -2.16. The molecular formula is C45H60N6O6. The zero-order valence-electron chi connectivity index (χ0n) is 34.8. The van der Waals surface area contributed by atoms with Gasteiger partial charge in [0.2, 0.25) is 0 Å². The van der Waals surface area contributed by atoms with Crippen molar-refractivity contribution in [3.63, 3.8) is 0 Å². The zero-order valence-corrected chi connectivity index (χ0v) is 34.8. The van der Waals surface area contributed by atoms with E-state index in [9.17, 15) is 30.6 Å². The third-order valence-corrected chi connectivity index (χ3v) is 9.38. The molecule has 1 aliphatic rings. The minimum Gasteiger partial charge on any atom is -0.507 e. The first-order valence-electron chi connectivity index (χ1n) is 19.3. The lowest BCUT2D eigenvalue weighted by atomic mass is 9.85. The highest BCUT2D eigenvalue weighted by Gasteiger charge is 2.21. The van der Waals surface area contributed by atoms with Gasteiger partial charge in [0.1, 0.15) is 17.2 Å². The molecule has 4 rings (SSSR count). The zero-order chi connectivity index (χ0) is 42.1. The number of nitrogens with zero attached hydrogens (tertiary/aromatic N) is 6. The first kappa shape index (κ1) is 44.7. The third-order valence-electron chi connectivity index (χ3n) is 9.38. The van der Waals surface area contributed by atoms with Crippen LogP contribution in [0.1, 0.15) is 112 Å². The molecule has 0 unspecified atom stereocenters. The Bertz CT molecular complexity index is 1700. The fraction of sp³-hybridized carbons (Fsp3) is 0.467. The van der Waals surface area contributed by atoms with E-state index in [-0.39, 0.29) is 72.8 Å². The molecule has 0 fully saturated rings. The standard InChI is InChI=1S/C45H60N6O6/c1-43(2,3)34-10-28-16-46-22-37(52)24-48-18-30-12-35(44(4,5)6)14-32(41(30)56)20-50-26-39(54)27-51-21-33-15-36(45(7,8)9)13-31(42(33)57)19-49-25-38(53)23-47-17-29(11-34)40(28)55/h10-21,37-39,52-57H,22-27H2,1-9H3. The van der Waals surface area contributed by atoms with Gasteiger partial charge in [-0.25, -0.2) is 0 Å². The van der Waals surface area contributed by atoms with E-state index >= 15 is 0 Å². The van der Waals surface area contributed by atoms with Crippen molar-refractivity contribution >= 4 is 37.3 Å². The van der Waals surface area contributed by atoms with Gasteiger partial charge < -0.3 is 30.6 Å². The largest absolute Gasteiger partial charge is 0.507 e. The number of aromatic hydroxyl groups is 3. The Morgan fingerprint density at radius 2 is 0.509 bits per heavy atom. The maximum absolute atomic E-state index is 11.2. The van der Waals surface area contributed by atoms with E-state index in [1.807, 2.05) is 36.4 Å². The van der Waals surface area contributed by atoms with Gasteiger partial charge in [-0.15, -0.1) is 0 Å². The predicted molar refractivity (Wildman–Crippen MR) is 233 cm³/mol. The number of benzene rings is 3. The normalized spacial score (nSPS) is 19.5. The molecule has 3 aromatic rings. The molecule has 1 aliphatic heterocycles. The fourth-order valence-electron chi connectivity index (χ4n) is 5.74. The summed E-state index contributed by atoms with van der Waals surface area (Å²) in [6, 6.07) is 11.1. The molecule has 1 heterocycles. The van der Waals surface area contributed by atoms with Crippen molar-refractivity contribution in [3.8, 4) is 17.2 Å². The van der Waals surface area contributed by atoms with E-state index in [1.54, 1.807) is 0 Å². The van der Waals surface area contributed by atoms with E-state index in [2.05, 4.69) is 92.3 Å². The van der Waals surface area contributed by atoms with Crippen molar-refractivity contribution < 1.29 is 30.6 Å². The minimum absolute atomic E-state index is 0.0184. The van der Waals surface area contributed by atoms with Gasteiger partial charge in [-0.2, -0.15) is 0 Å². The van der Waals surface area contributed by atoms with Crippen molar-refractivity contribution in [3.05, 3.63) is 86.5 Å². The van der Waals surface area contributed by atoms with Crippen LogP contribution in [0.15, 0.2) is 66.4 Å². The highest BCUT2D eigenvalue weighted by Crippen LogP contribution is 2.32. The second-order valence-electron chi connectivity index (χ2n) is 17.7. The maximum Gasteiger partial charge on any atom is 0.133 e. The van der Waals surface area contributed by atoms with Gasteiger partial charge in [-0.3, -0.25) is 30.0 Å². The number of hydrogen-bond donors (Lipinski definition) is 6. The Morgan fingerprint density at radius 1 is 0.351 bits per heavy atom. The number of hydrogen-bond acceptors (Lipinski definition) is 12. The van der Waals surface area contributed by atoms with E-state index < -0.39 is 18.3 Å². The number of aliphatic imine (C=N–C) groups is 6. The van der Waals surface area contributed by atoms with E-state index in [0.29, 0.717) is 33.4 Å². The minimum atomic E-state index is -0.929. The molecule has 6 bridgehead atoms. The molecule has 0 saturated heterocycles. The molecule has 0 spiro atoms. The fourth-order valence-corrected chi connectivity index (χ4v) is 5.74. The van der Waals surface area contributed by atoms with Crippen molar-refractivity contribution in [1.29, 1.82) is 0 Å². The van der Waals surface area contributed by atoms with Gasteiger partial charge in [-0.05, 0) is 69.3 Å². The van der Waals surface area contributed by atoms with Crippen LogP contribution in [0.25, 0.3) is 0 Å². The third kappa shape index (κ3) is 13.0. The van der Waals surface area contributed by atoms with Crippen LogP contribution >= 0.6 is 0 Å². The molecule has 306 valence electrons. The van der Waals surface area contributed by atoms with Gasteiger partial charge in [0.25, 0.3) is 0 Å². The summed E-state index contributed by atoms with van der Waals surface area (Å²) in [7, 11) is 0. The maximum atomic E-state index is 11.2. The molecular weight excluding hydrogens is 721 g/mol. The highest BCUT2D eigenvalue weighted by molar-refractivity contribution is 5.94. The van der Waals surface area contributed by atoms with Crippen LogP contribution in [-0.4, -0.2) is 126 Å². The smallest absolute Gasteiger partial charge is 0.133 e. The summed E-state index contributed by atoms with van der Waals surface area (Å²) in [5.74, 6) is -0.106. The number of rotatable bonds is 0. The molecule has 3 aromatic carbocycles. The molecule has 12 heteroatoms. The van der Waals surface area contributed by atoms with Gasteiger partial charge >= 0.3 is 0 Å². The lowest BCUT2D eigenvalue weighted by molar-refractivity contribution is 0.192. The van der Waals surface area contributed by atoms with Crippen molar-refractivity contribution in [1.82, 2.24) is 0 Å². The van der Waals surface area contributed by atoms with Crippen LogP contribution in [0.5, 0.6) is 17.2 Å². The van der Waals surface area contributed by atoms with Crippen molar-refractivity contribution in [2.45, 2.75) is 96.9 Å². The van der Waals surface area contributed by atoms with Crippen LogP contribution < -0.4 is 0 Å². The molecule has 12 nitrogen and oxygen atoms in total. The summed E-state index contributed by atoms with van der Waals surface area (Å²) >= 11 is 0. The summed E-state index contributed by atoms with van der Waals surface area (Å²) in [6.45, 7) is 18.6. The molecule has 0 aromatic heterocycles. The molecule has 0 amide bonds. The van der Waals surface area contributed by atoms with Crippen LogP contribution in [-0.2, 0) is 16.2 Å². The summed E-state index contributed by atoms with van der Waals surface area (Å²) < 4.78 is 0. The quantitative estimate of drug-likeness (QED) is 0.169. The Balaban J connectivity index is 1.73. The number of aliphatic hydroxyl groups excluding tert-OH is 3. The van der Waals surface area contributed by atoms with E-state index in [1.165, 1.54) is 37.3 Å². The Hall–Kier alpha value is -5.04. The SMILES string of the molecule is CC(C)(C)c1cc2c(O)c(c1)C=NCC(O)CN=Cc1cc(C(C)(C)C)cc(c1O)C=NCC(O)CN=Cc1cc(C(C)(C)C)cc(c1O)C=NCC(O)CN=C2. The molecule has 0 aliphatic carbocycles. The molecule has 0 radical (unpaired) electrons. The van der Waals surface area contributed by atoms with E-state index in [4.69, 9.17) is 0 Å². The Kier molecular flexibility index (Phi) is 14.8. The summed E-state index contributed by atoms with van der Waals surface area (Å²) in [6.07, 6.45) is 6.30. The second-order valence-corrected chi connectivity index (χ2v) is 17.7. The summed E-state index contributed by atoms with van der Waals surface area (Å²) in [4.78, 5) is 26.4. The van der Waals surface area contributed by atoms with Crippen LogP contribution in [0, 0.1) is 0 Å². The number of phenolic OH excluding ortho intramolecular Hbond substituents is 3. The Morgan fingerprint density at radius 3 is 0.649 bits per heavy atom. The first-order chi connectivity index (χ1) is 26.6. The molecule has 6 N–H and O–H groups in total. The number of fused-ring (bicyclic) bond motifs is 6. The molecule has 57 heavy (non-hydrogen) atoms. The molecule has 0 atom stereocenters. The lowest BCUT2D eigenvalue weighted by Gasteiger charge is -2.21. The molecule has 0 saturated carbocycles. The van der Waals surface area contributed by atoms with Crippen LogP contribution in [0.4, 0.5) is 0 Å². The van der Waals surface area contributed by atoms with Crippen molar-refractivity contribution in [2.24, 2.45) is 30.0 Å². The predicted octanol–water partition coefficient (Wildman–Crippen LogP) is 5.71. The van der Waals surface area contributed by atoms with Gasteiger partial charge in [-0.1, -0.05) is 62.3 Å².